The van der Waals surface area contributed by atoms with E-state index in [4.69, 9.17) is 10.9 Å². The maximum absolute atomic E-state index is 11.0. The number of hydrogen-bond donors (Lipinski definition) is 3. The van der Waals surface area contributed by atoms with Crippen LogP contribution in [-0.4, -0.2) is 17.3 Å². The summed E-state index contributed by atoms with van der Waals surface area (Å²) >= 11 is 0. The van der Waals surface area contributed by atoms with Gasteiger partial charge in [0.2, 0.25) is 0 Å². The summed E-state index contributed by atoms with van der Waals surface area (Å²) < 4.78 is 0. The molecular formula is C9H11N3O2. The number of carbonyl (C=O) groups excluding carboxylic acids is 1. The summed E-state index contributed by atoms with van der Waals surface area (Å²) in [5, 5.41) is 13.2. The maximum Gasteiger partial charge on any atom is 0.270 e. The summed E-state index contributed by atoms with van der Waals surface area (Å²) in [6.07, 6.45) is 0.787. The molecule has 4 N–H and O–H groups in total. The van der Waals surface area contributed by atoms with Crippen molar-refractivity contribution in [3.05, 3.63) is 29.8 Å². The fourth-order valence-electron chi connectivity index (χ4n) is 1.00. The molecule has 1 rings (SSSR count). The standard InChI is InChI=1S/C9H11N3O2/c10-5-7-2-1-3-8(4-7)12-9(13)6-11-14/h1-4,6,14H,5,10H2,(H,12,13). The summed E-state index contributed by atoms with van der Waals surface area (Å²) in [7, 11) is 0. The van der Waals surface area contributed by atoms with Crippen LogP contribution < -0.4 is 11.1 Å². The normalized spacial score (nSPS) is 10.4. The molecule has 1 aromatic carbocycles. The first kappa shape index (κ1) is 10.2. The van der Waals surface area contributed by atoms with E-state index < -0.39 is 5.91 Å². The number of amides is 1. The molecule has 0 heterocycles. The first-order valence-corrected chi connectivity index (χ1v) is 4.03. The number of nitrogens with one attached hydrogen (secondary N) is 1. The molecular weight excluding hydrogens is 182 g/mol. The van der Waals surface area contributed by atoms with E-state index in [2.05, 4.69) is 10.5 Å². The smallest absolute Gasteiger partial charge is 0.270 e. The average molecular weight is 193 g/mol. The number of nitrogens with zero attached hydrogens (tertiary/aromatic N) is 1. The van der Waals surface area contributed by atoms with Crippen molar-refractivity contribution in [2.45, 2.75) is 6.54 Å². The molecule has 0 aliphatic carbocycles. The SMILES string of the molecule is NCc1cccc(NC(=O)C=NO)c1. The molecule has 0 aliphatic heterocycles. The summed E-state index contributed by atoms with van der Waals surface area (Å²) in [4.78, 5) is 11.0. The number of nitrogens with two attached hydrogens (primary N) is 1. The summed E-state index contributed by atoms with van der Waals surface area (Å²) in [6, 6.07) is 7.12. The van der Waals surface area contributed by atoms with Gasteiger partial charge in [-0.15, -0.1) is 0 Å². The van der Waals surface area contributed by atoms with Gasteiger partial charge in [0.15, 0.2) is 0 Å². The Morgan fingerprint density at radius 3 is 3.07 bits per heavy atom. The Kier molecular flexibility index (Phi) is 3.63. The fourth-order valence-corrected chi connectivity index (χ4v) is 1.00. The molecule has 0 aromatic heterocycles. The number of oxime groups is 1. The highest BCUT2D eigenvalue weighted by molar-refractivity contribution is 6.31. The van der Waals surface area contributed by atoms with Gasteiger partial charge in [-0.05, 0) is 17.7 Å². The second kappa shape index (κ2) is 4.98. The average Bonchev–Trinajstić information content (AvgIpc) is 2.18. The fraction of sp³-hybridized carbons (Fsp3) is 0.111. The van der Waals surface area contributed by atoms with Crippen LogP contribution in [-0.2, 0) is 11.3 Å². The van der Waals surface area contributed by atoms with Crippen LogP contribution in [0.1, 0.15) is 5.56 Å². The Hall–Kier alpha value is -1.88. The molecule has 0 aliphatic rings. The second-order valence-electron chi connectivity index (χ2n) is 2.64. The van der Waals surface area contributed by atoms with E-state index in [1.807, 2.05) is 6.07 Å². The van der Waals surface area contributed by atoms with E-state index in [9.17, 15) is 4.79 Å². The predicted octanol–water partition coefficient (Wildman–Crippen LogP) is 0.544. The molecule has 0 bridgehead atoms. The predicted molar refractivity (Wildman–Crippen MR) is 53.2 cm³/mol. The highest BCUT2D eigenvalue weighted by atomic mass is 16.4. The molecule has 74 valence electrons. The third-order valence-corrected chi connectivity index (χ3v) is 1.61. The van der Waals surface area contributed by atoms with Gasteiger partial charge in [-0.2, -0.15) is 0 Å². The van der Waals surface area contributed by atoms with Crippen LogP contribution in [0.3, 0.4) is 0 Å². The molecule has 1 amide bonds. The monoisotopic (exact) mass is 193 g/mol. The van der Waals surface area contributed by atoms with Gasteiger partial charge in [0, 0.05) is 12.2 Å². The zero-order valence-electron chi connectivity index (χ0n) is 7.47. The van der Waals surface area contributed by atoms with Crippen LogP contribution in [0.25, 0.3) is 0 Å². The van der Waals surface area contributed by atoms with Crippen LogP contribution in [0.2, 0.25) is 0 Å². The summed E-state index contributed by atoms with van der Waals surface area (Å²) in [6.45, 7) is 0.414. The third-order valence-electron chi connectivity index (χ3n) is 1.61. The Balaban J connectivity index is 2.71. The Bertz CT molecular complexity index is 350. The first-order chi connectivity index (χ1) is 6.76. The summed E-state index contributed by atoms with van der Waals surface area (Å²) in [5.74, 6) is -0.485. The van der Waals surface area contributed by atoms with Crippen molar-refractivity contribution in [2.24, 2.45) is 10.9 Å². The molecule has 5 nitrogen and oxygen atoms in total. The van der Waals surface area contributed by atoms with Crippen molar-refractivity contribution in [3.8, 4) is 0 Å². The number of anilines is 1. The number of rotatable bonds is 3. The number of benzene rings is 1. The van der Waals surface area contributed by atoms with E-state index in [1.165, 1.54) is 0 Å². The Morgan fingerprint density at radius 2 is 2.43 bits per heavy atom. The first-order valence-electron chi connectivity index (χ1n) is 4.03. The van der Waals surface area contributed by atoms with Crippen molar-refractivity contribution < 1.29 is 10.0 Å². The number of carbonyl (C=O) groups is 1. The largest absolute Gasteiger partial charge is 0.411 e. The van der Waals surface area contributed by atoms with Gasteiger partial charge < -0.3 is 16.3 Å². The lowest BCUT2D eigenvalue weighted by Gasteiger charge is -2.03. The van der Waals surface area contributed by atoms with Gasteiger partial charge in [0.1, 0.15) is 6.21 Å². The van der Waals surface area contributed by atoms with Gasteiger partial charge in [-0.1, -0.05) is 17.3 Å². The van der Waals surface area contributed by atoms with Gasteiger partial charge in [0.05, 0.1) is 0 Å². The minimum absolute atomic E-state index is 0.414. The highest BCUT2D eigenvalue weighted by Crippen LogP contribution is 2.09. The zero-order chi connectivity index (χ0) is 10.4. The van der Waals surface area contributed by atoms with Crippen molar-refractivity contribution >= 4 is 17.8 Å². The third kappa shape index (κ3) is 2.87. The van der Waals surface area contributed by atoms with E-state index in [0.29, 0.717) is 12.2 Å². The number of hydrogen-bond acceptors (Lipinski definition) is 4. The molecule has 0 spiro atoms. The van der Waals surface area contributed by atoms with Crippen molar-refractivity contribution in [1.29, 1.82) is 0 Å². The van der Waals surface area contributed by atoms with Crippen LogP contribution in [0.5, 0.6) is 0 Å². The second-order valence-corrected chi connectivity index (χ2v) is 2.64. The Labute approximate surface area is 81.2 Å². The minimum atomic E-state index is -0.485. The van der Waals surface area contributed by atoms with E-state index >= 15 is 0 Å². The molecule has 0 saturated carbocycles. The van der Waals surface area contributed by atoms with Gasteiger partial charge in [-0.25, -0.2) is 0 Å². The lowest BCUT2D eigenvalue weighted by Crippen LogP contribution is -2.12. The van der Waals surface area contributed by atoms with Crippen LogP contribution in [0.4, 0.5) is 5.69 Å². The quantitative estimate of drug-likeness (QED) is 0.372. The molecule has 0 radical (unpaired) electrons. The lowest BCUT2D eigenvalue weighted by atomic mass is 10.2. The van der Waals surface area contributed by atoms with E-state index in [-0.39, 0.29) is 0 Å². The van der Waals surface area contributed by atoms with Crippen LogP contribution in [0, 0.1) is 0 Å². The molecule has 14 heavy (non-hydrogen) atoms. The molecule has 0 atom stereocenters. The van der Waals surface area contributed by atoms with E-state index in [0.717, 1.165) is 11.8 Å². The Morgan fingerprint density at radius 1 is 1.64 bits per heavy atom. The molecule has 0 fully saturated rings. The topological polar surface area (TPSA) is 87.7 Å². The van der Waals surface area contributed by atoms with Crippen LogP contribution >= 0.6 is 0 Å². The van der Waals surface area contributed by atoms with Crippen molar-refractivity contribution in [2.75, 3.05) is 5.32 Å². The van der Waals surface area contributed by atoms with Gasteiger partial charge in [-0.3, -0.25) is 4.79 Å². The minimum Gasteiger partial charge on any atom is -0.411 e. The molecule has 0 unspecified atom stereocenters. The zero-order valence-corrected chi connectivity index (χ0v) is 7.47. The highest BCUT2D eigenvalue weighted by Gasteiger charge is 1.98. The van der Waals surface area contributed by atoms with Gasteiger partial charge in [0.25, 0.3) is 5.91 Å². The van der Waals surface area contributed by atoms with Crippen molar-refractivity contribution in [3.63, 3.8) is 0 Å². The molecule has 1 aromatic rings. The molecule has 5 heteroatoms. The van der Waals surface area contributed by atoms with E-state index in [1.54, 1.807) is 18.2 Å². The van der Waals surface area contributed by atoms with Crippen LogP contribution in [0.15, 0.2) is 29.4 Å². The van der Waals surface area contributed by atoms with Crippen molar-refractivity contribution in [1.82, 2.24) is 0 Å². The van der Waals surface area contributed by atoms with Gasteiger partial charge >= 0.3 is 0 Å². The maximum atomic E-state index is 11.0. The lowest BCUT2D eigenvalue weighted by molar-refractivity contribution is -0.110. The molecule has 0 saturated heterocycles. The summed E-state index contributed by atoms with van der Waals surface area (Å²) in [5.41, 5.74) is 6.97.